The molecule has 9 rings (SSSR count). The molecule has 3 atom stereocenters. The second-order valence-corrected chi connectivity index (χ2v) is 14.2. The molecule has 2 N–H and O–H groups in total. The molecule has 2 aliphatic carbocycles. The molecule has 2 aliphatic heterocycles. The summed E-state index contributed by atoms with van der Waals surface area (Å²) in [6.45, 7) is 6.03. The minimum Gasteiger partial charge on any atom is -0.338 e. The van der Waals surface area contributed by atoms with Gasteiger partial charge in [-0.15, -0.1) is 0 Å². The Hall–Kier alpha value is -4.43. The van der Waals surface area contributed by atoms with Crippen LogP contribution in [0.1, 0.15) is 52.0 Å². The van der Waals surface area contributed by atoms with Crippen molar-refractivity contribution in [3.05, 3.63) is 89.5 Å². The number of para-hydroxylation sites is 1. The third kappa shape index (κ3) is 4.48. The molecule has 0 radical (unpaired) electrons. The third-order valence-electron chi connectivity index (χ3n) is 11.1. The first-order valence-corrected chi connectivity index (χ1v) is 16.9. The molecule has 2 bridgehead atoms. The lowest BCUT2D eigenvalue weighted by molar-refractivity contribution is 0.0471. The predicted octanol–water partition coefficient (Wildman–Crippen LogP) is 5.71. The molecule has 8 nitrogen and oxygen atoms in total. The van der Waals surface area contributed by atoms with Gasteiger partial charge >= 0.3 is 0 Å². The first kappa shape index (κ1) is 27.8. The van der Waals surface area contributed by atoms with Crippen LogP contribution in [0.3, 0.4) is 0 Å². The number of piperidine rings is 1. The number of aryl methyl sites for hydroxylation is 1. The topological polar surface area (TPSA) is 89.4 Å². The Balaban J connectivity index is 1.11. The fraction of sp³-hybridized carbons (Fsp3) is 0.395. The summed E-state index contributed by atoms with van der Waals surface area (Å²) in [6.07, 6.45) is 4.64. The molecule has 46 heavy (non-hydrogen) atoms. The standard InChI is InChI=1S/C38H40N6O2/c1-23-15-29(38(46)43-22-28-13-14-32(43)34(28)39)16-30-35(23)44(21-25-18-41(19-25)37(45)26-7-3-2-4-8-26)36(40-30)33-17-27-9-5-6-10-31(27)42(33)20-24-11-12-24/h2-10,15-17,24-25,28,32,34H,11-14,18-22,39H2,1H3/t28?,32?,34-/m1/s1. The number of likely N-dealkylation sites (tertiary alicyclic amines) is 2. The van der Waals surface area contributed by atoms with Gasteiger partial charge in [0.2, 0.25) is 0 Å². The van der Waals surface area contributed by atoms with Gasteiger partial charge in [-0.25, -0.2) is 4.98 Å². The van der Waals surface area contributed by atoms with E-state index in [-0.39, 0.29) is 23.9 Å². The lowest BCUT2D eigenvalue weighted by Crippen LogP contribution is -2.51. The Kier molecular flexibility index (Phi) is 6.39. The molecular weight excluding hydrogens is 572 g/mol. The fourth-order valence-electron chi connectivity index (χ4n) is 8.45. The summed E-state index contributed by atoms with van der Waals surface area (Å²) in [5.41, 5.74) is 13.2. The smallest absolute Gasteiger partial charge is 0.254 e. The molecule has 4 heterocycles. The Morgan fingerprint density at radius 3 is 2.30 bits per heavy atom. The number of hydrogen-bond donors (Lipinski definition) is 1. The predicted molar refractivity (Wildman–Crippen MR) is 179 cm³/mol. The van der Waals surface area contributed by atoms with Crippen molar-refractivity contribution in [2.45, 2.75) is 57.8 Å². The zero-order valence-corrected chi connectivity index (χ0v) is 26.3. The Morgan fingerprint density at radius 1 is 0.804 bits per heavy atom. The summed E-state index contributed by atoms with van der Waals surface area (Å²) in [7, 11) is 0. The first-order valence-electron chi connectivity index (χ1n) is 16.9. The highest BCUT2D eigenvalue weighted by molar-refractivity contribution is 6.00. The van der Waals surface area contributed by atoms with Gasteiger partial charge in [0.25, 0.3) is 11.8 Å². The van der Waals surface area contributed by atoms with Crippen molar-refractivity contribution in [1.82, 2.24) is 23.9 Å². The molecule has 3 aromatic carbocycles. The van der Waals surface area contributed by atoms with E-state index in [1.54, 1.807) is 0 Å². The molecule has 2 aromatic heterocycles. The third-order valence-corrected chi connectivity index (χ3v) is 11.1. The lowest BCUT2D eigenvalue weighted by Gasteiger charge is -2.40. The van der Waals surface area contributed by atoms with Gasteiger partial charge in [-0.05, 0) is 86.4 Å². The summed E-state index contributed by atoms with van der Waals surface area (Å²) in [5.74, 6) is 2.52. The number of carbonyl (C=O) groups is 2. The van der Waals surface area contributed by atoms with Crippen molar-refractivity contribution in [3.8, 4) is 11.5 Å². The van der Waals surface area contributed by atoms with Gasteiger partial charge in [-0.3, -0.25) is 9.59 Å². The zero-order chi connectivity index (χ0) is 31.1. The number of nitrogens with zero attached hydrogens (tertiary/aromatic N) is 5. The molecule has 2 saturated carbocycles. The van der Waals surface area contributed by atoms with Gasteiger partial charge in [-0.2, -0.15) is 0 Å². The van der Waals surface area contributed by atoms with E-state index in [9.17, 15) is 9.59 Å². The maximum atomic E-state index is 13.9. The lowest BCUT2D eigenvalue weighted by atomic mass is 9.98. The van der Waals surface area contributed by atoms with Crippen molar-refractivity contribution in [2.75, 3.05) is 19.6 Å². The van der Waals surface area contributed by atoms with Crippen LogP contribution in [0.5, 0.6) is 0 Å². The van der Waals surface area contributed by atoms with Crippen LogP contribution in [0, 0.1) is 24.7 Å². The summed E-state index contributed by atoms with van der Waals surface area (Å²) in [4.78, 5) is 36.3. The first-order chi connectivity index (χ1) is 22.4. The van der Waals surface area contributed by atoms with Gasteiger partial charge in [-0.1, -0.05) is 36.4 Å². The van der Waals surface area contributed by atoms with Gasteiger partial charge in [0.15, 0.2) is 5.82 Å². The average Bonchev–Trinajstić information content (AvgIpc) is 3.40. The normalized spacial score (nSPS) is 22.7. The van der Waals surface area contributed by atoms with Gasteiger partial charge in [0.1, 0.15) is 0 Å². The van der Waals surface area contributed by atoms with E-state index in [1.165, 1.54) is 23.7 Å². The molecule has 0 spiro atoms. The van der Waals surface area contributed by atoms with Crippen molar-refractivity contribution < 1.29 is 9.59 Å². The molecule has 8 heteroatoms. The van der Waals surface area contributed by atoms with Crippen LogP contribution in [-0.2, 0) is 13.1 Å². The number of imidazole rings is 1. The Bertz CT molecular complexity index is 2000. The highest BCUT2D eigenvalue weighted by Crippen LogP contribution is 2.40. The second kappa shape index (κ2) is 10.6. The van der Waals surface area contributed by atoms with Crippen molar-refractivity contribution in [3.63, 3.8) is 0 Å². The van der Waals surface area contributed by atoms with Crippen molar-refractivity contribution in [1.29, 1.82) is 0 Å². The summed E-state index contributed by atoms with van der Waals surface area (Å²) in [6, 6.07) is 24.7. The van der Waals surface area contributed by atoms with Crippen LogP contribution >= 0.6 is 0 Å². The van der Waals surface area contributed by atoms with E-state index in [2.05, 4.69) is 52.5 Å². The Labute approximate surface area is 268 Å². The van der Waals surface area contributed by atoms with Crippen molar-refractivity contribution in [2.24, 2.45) is 23.5 Å². The molecule has 2 saturated heterocycles. The number of aromatic nitrogens is 3. The van der Waals surface area contributed by atoms with Crippen LogP contribution in [0.2, 0.25) is 0 Å². The second-order valence-electron chi connectivity index (χ2n) is 14.2. The largest absolute Gasteiger partial charge is 0.338 e. The maximum absolute atomic E-state index is 13.9. The minimum atomic E-state index is 0.0701. The van der Waals surface area contributed by atoms with E-state index < -0.39 is 0 Å². The fourth-order valence-corrected chi connectivity index (χ4v) is 8.45. The van der Waals surface area contributed by atoms with Crippen molar-refractivity contribution >= 4 is 33.8 Å². The summed E-state index contributed by atoms with van der Waals surface area (Å²) in [5, 5.41) is 1.22. The van der Waals surface area contributed by atoms with Gasteiger partial charge in [0, 0.05) is 72.8 Å². The van der Waals surface area contributed by atoms with Crippen LogP contribution in [0.25, 0.3) is 33.5 Å². The molecule has 234 valence electrons. The number of fused-ring (bicyclic) bond motifs is 4. The van der Waals surface area contributed by atoms with E-state index in [4.69, 9.17) is 10.7 Å². The van der Waals surface area contributed by atoms with E-state index in [1.807, 2.05) is 46.2 Å². The number of hydrogen-bond acceptors (Lipinski definition) is 4. The SMILES string of the molecule is Cc1cc(C(=O)N2CC3CCC2[C@@H]3N)cc2nc(-c3cc4ccccc4n3CC3CC3)n(CC3CN(C(=O)c4ccccc4)C3)c12. The minimum absolute atomic E-state index is 0.0701. The van der Waals surface area contributed by atoms with Crippen LogP contribution < -0.4 is 5.73 Å². The molecule has 4 aliphatic rings. The quantitative estimate of drug-likeness (QED) is 0.255. The van der Waals surface area contributed by atoms with Gasteiger partial charge < -0.3 is 24.7 Å². The number of carbonyl (C=O) groups excluding carboxylic acids is 2. The van der Waals surface area contributed by atoms with Gasteiger partial charge in [0.05, 0.1) is 16.7 Å². The van der Waals surface area contributed by atoms with E-state index in [0.29, 0.717) is 36.4 Å². The van der Waals surface area contributed by atoms with E-state index in [0.717, 1.165) is 66.2 Å². The summed E-state index contributed by atoms with van der Waals surface area (Å²) < 4.78 is 4.83. The molecule has 4 fully saturated rings. The zero-order valence-electron chi connectivity index (χ0n) is 26.3. The monoisotopic (exact) mass is 612 g/mol. The number of nitrogens with two attached hydrogens (primary N) is 1. The number of rotatable bonds is 7. The Morgan fingerprint density at radius 2 is 1.57 bits per heavy atom. The highest BCUT2D eigenvalue weighted by Gasteiger charge is 2.47. The van der Waals surface area contributed by atoms with Crippen LogP contribution in [0.4, 0.5) is 0 Å². The van der Waals surface area contributed by atoms with Crippen LogP contribution in [0.15, 0.2) is 72.8 Å². The molecule has 5 aromatic rings. The van der Waals surface area contributed by atoms with E-state index >= 15 is 0 Å². The summed E-state index contributed by atoms with van der Waals surface area (Å²) >= 11 is 0. The number of benzene rings is 3. The average molecular weight is 613 g/mol. The van der Waals surface area contributed by atoms with Crippen LogP contribution in [-0.4, -0.2) is 67.5 Å². The molecule has 2 amide bonds. The molecular formula is C38H40N6O2. The molecule has 2 unspecified atom stereocenters. The highest BCUT2D eigenvalue weighted by atomic mass is 16.2. The number of amides is 2. The maximum Gasteiger partial charge on any atom is 0.254 e.